The van der Waals surface area contributed by atoms with Crippen molar-refractivity contribution in [3.05, 3.63) is 52.2 Å². The molecule has 0 fully saturated rings. The molecule has 0 amide bonds. The number of nitrogens with zero attached hydrogens (tertiary/aromatic N) is 3. The van der Waals surface area contributed by atoms with Crippen LogP contribution in [0, 0.1) is 36.8 Å². The number of benzene rings is 1. The minimum atomic E-state index is -0.645. The van der Waals surface area contributed by atoms with Gasteiger partial charge >= 0.3 is 0 Å². The summed E-state index contributed by atoms with van der Waals surface area (Å²) in [5, 5.41) is 19.8. The lowest BCUT2D eigenvalue weighted by molar-refractivity contribution is 0.580. The zero-order chi connectivity index (χ0) is 14.7. The maximum atomic E-state index is 13.1. The molecule has 6 heteroatoms. The molecule has 0 unspecified atom stereocenters. The van der Waals surface area contributed by atoms with Gasteiger partial charge in [-0.1, -0.05) is 0 Å². The summed E-state index contributed by atoms with van der Waals surface area (Å²) in [5.41, 5.74) is 2.21. The number of halogens is 2. The quantitative estimate of drug-likeness (QED) is 0.934. The second kappa shape index (κ2) is 5.61. The Kier molecular flexibility index (Phi) is 3.89. The second-order valence-corrected chi connectivity index (χ2v) is 4.38. The summed E-state index contributed by atoms with van der Waals surface area (Å²) >= 11 is 0. The molecule has 0 bridgehead atoms. The van der Waals surface area contributed by atoms with Crippen molar-refractivity contribution in [2.24, 2.45) is 0 Å². The molecule has 1 N–H and O–H groups in total. The predicted octanol–water partition coefficient (Wildman–Crippen LogP) is 2.86. The van der Waals surface area contributed by atoms with Crippen LogP contribution < -0.4 is 5.32 Å². The fourth-order valence-electron chi connectivity index (χ4n) is 1.77. The van der Waals surface area contributed by atoms with Gasteiger partial charge in [0, 0.05) is 12.6 Å². The van der Waals surface area contributed by atoms with E-state index < -0.39 is 11.6 Å². The molecule has 0 spiro atoms. The van der Waals surface area contributed by atoms with Gasteiger partial charge in [0.25, 0.3) is 0 Å². The third-order valence-corrected chi connectivity index (χ3v) is 2.95. The molecule has 1 aromatic heterocycles. The topological polar surface area (TPSA) is 61.6 Å². The first-order valence-corrected chi connectivity index (χ1v) is 5.94. The average Bonchev–Trinajstić information content (AvgIpc) is 2.39. The zero-order valence-corrected chi connectivity index (χ0v) is 11.0. The largest absolute Gasteiger partial charge is 0.363 e. The van der Waals surface area contributed by atoms with E-state index >= 15 is 0 Å². The average molecular weight is 274 g/mol. The standard InChI is InChI=1S/C14H12F2N4/c1-8-9(2)19-20-14(13(8)6-17)18-7-10-3-11(15)5-12(16)4-10/h3-5H,7H2,1-2H3,(H,18,20). The molecule has 0 aliphatic heterocycles. The van der Waals surface area contributed by atoms with E-state index in [1.807, 2.05) is 0 Å². The Bertz CT molecular complexity index is 672. The molecule has 4 nitrogen and oxygen atoms in total. The highest BCUT2D eigenvalue weighted by Gasteiger charge is 2.10. The van der Waals surface area contributed by atoms with Crippen molar-refractivity contribution < 1.29 is 8.78 Å². The van der Waals surface area contributed by atoms with Crippen LogP contribution >= 0.6 is 0 Å². The highest BCUT2D eigenvalue weighted by atomic mass is 19.1. The Morgan fingerprint density at radius 3 is 2.40 bits per heavy atom. The van der Waals surface area contributed by atoms with Gasteiger partial charge in [-0.2, -0.15) is 10.4 Å². The molecule has 0 saturated carbocycles. The molecule has 20 heavy (non-hydrogen) atoms. The van der Waals surface area contributed by atoms with Crippen LogP contribution in [0.5, 0.6) is 0 Å². The SMILES string of the molecule is Cc1nnc(NCc2cc(F)cc(F)c2)c(C#N)c1C. The lowest BCUT2D eigenvalue weighted by atomic mass is 10.1. The van der Waals surface area contributed by atoms with Crippen LogP contribution in [-0.2, 0) is 6.54 Å². The van der Waals surface area contributed by atoms with E-state index in [1.54, 1.807) is 13.8 Å². The van der Waals surface area contributed by atoms with E-state index in [0.29, 0.717) is 22.6 Å². The Morgan fingerprint density at radius 1 is 1.15 bits per heavy atom. The molecule has 0 saturated heterocycles. The molecule has 102 valence electrons. The molecule has 1 heterocycles. The third kappa shape index (κ3) is 2.88. The molecule has 2 rings (SSSR count). The van der Waals surface area contributed by atoms with Crippen molar-refractivity contribution in [2.75, 3.05) is 5.32 Å². The van der Waals surface area contributed by atoms with E-state index in [4.69, 9.17) is 5.26 Å². The van der Waals surface area contributed by atoms with Crippen molar-refractivity contribution in [2.45, 2.75) is 20.4 Å². The van der Waals surface area contributed by atoms with Crippen LogP contribution in [0.1, 0.15) is 22.4 Å². The number of hydrogen-bond donors (Lipinski definition) is 1. The molecular formula is C14H12F2N4. The minimum Gasteiger partial charge on any atom is -0.363 e. The number of nitrogens with one attached hydrogen (secondary N) is 1. The number of aryl methyl sites for hydroxylation is 1. The summed E-state index contributed by atoms with van der Waals surface area (Å²) in [5.74, 6) is -0.984. The van der Waals surface area contributed by atoms with Gasteiger partial charge < -0.3 is 5.32 Å². The smallest absolute Gasteiger partial charge is 0.167 e. The van der Waals surface area contributed by atoms with E-state index in [2.05, 4.69) is 21.6 Å². The molecule has 1 aromatic carbocycles. The number of hydrogen-bond acceptors (Lipinski definition) is 4. The fourth-order valence-corrected chi connectivity index (χ4v) is 1.77. The number of aromatic nitrogens is 2. The summed E-state index contributed by atoms with van der Waals surface area (Å²) in [6.45, 7) is 3.69. The first-order valence-electron chi connectivity index (χ1n) is 5.94. The van der Waals surface area contributed by atoms with Crippen LogP contribution in [0.3, 0.4) is 0 Å². The van der Waals surface area contributed by atoms with Gasteiger partial charge in [-0.05, 0) is 37.1 Å². The Hall–Kier alpha value is -2.55. The van der Waals surface area contributed by atoms with E-state index in [9.17, 15) is 8.78 Å². The Labute approximate surface area is 115 Å². The maximum absolute atomic E-state index is 13.1. The Balaban J connectivity index is 2.23. The molecule has 0 radical (unpaired) electrons. The molecule has 0 aliphatic carbocycles. The van der Waals surface area contributed by atoms with E-state index in [1.165, 1.54) is 12.1 Å². The van der Waals surface area contributed by atoms with Gasteiger partial charge in [-0.3, -0.25) is 0 Å². The highest BCUT2D eigenvalue weighted by Crippen LogP contribution is 2.18. The second-order valence-electron chi connectivity index (χ2n) is 4.38. The maximum Gasteiger partial charge on any atom is 0.167 e. The summed E-state index contributed by atoms with van der Waals surface area (Å²) < 4.78 is 26.1. The summed E-state index contributed by atoms with van der Waals surface area (Å²) in [7, 11) is 0. The van der Waals surface area contributed by atoms with Crippen LogP contribution in [0.4, 0.5) is 14.6 Å². The van der Waals surface area contributed by atoms with Crippen LogP contribution in [0.2, 0.25) is 0 Å². The summed E-state index contributed by atoms with van der Waals surface area (Å²) in [4.78, 5) is 0. The van der Waals surface area contributed by atoms with Crippen molar-refractivity contribution in [3.63, 3.8) is 0 Å². The molecule has 2 aromatic rings. The van der Waals surface area contributed by atoms with Gasteiger partial charge in [-0.15, -0.1) is 5.10 Å². The lowest BCUT2D eigenvalue weighted by Crippen LogP contribution is -2.08. The summed E-state index contributed by atoms with van der Waals surface area (Å²) in [6.07, 6.45) is 0. The van der Waals surface area contributed by atoms with Crippen LogP contribution in [0.25, 0.3) is 0 Å². The highest BCUT2D eigenvalue weighted by molar-refractivity contribution is 5.55. The minimum absolute atomic E-state index is 0.153. The van der Waals surface area contributed by atoms with Gasteiger partial charge in [0.2, 0.25) is 0 Å². The number of nitriles is 1. The normalized spacial score (nSPS) is 10.2. The third-order valence-electron chi connectivity index (χ3n) is 2.95. The van der Waals surface area contributed by atoms with E-state index in [0.717, 1.165) is 11.6 Å². The zero-order valence-electron chi connectivity index (χ0n) is 11.0. The fraction of sp³-hybridized carbons (Fsp3) is 0.214. The molecule has 0 aliphatic rings. The van der Waals surface area contributed by atoms with Crippen molar-refractivity contribution >= 4 is 5.82 Å². The van der Waals surface area contributed by atoms with Crippen molar-refractivity contribution in [3.8, 4) is 6.07 Å². The van der Waals surface area contributed by atoms with Gasteiger partial charge in [0.1, 0.15) is 23.3 Å². The van der Waals surface area contributed by atoms with Crippen molar-refractivity contribution in [1.82, 2.24) is 10.2 Å². The van der Waals surface area contributed by atoms with Gasteiger partial charge in [-0.25, -0.2) is 8.78 Å². The lowest BCUT2D eigenvalue weighted by Gasteiger charge is -2.09. The first-order chi connectivity index (χ1) is 9.51. The van der Waals surface area contributed by atoms with Crippen LogP contribution in [0.15, 0.2) is 18.2 Å². The molecular weight excluding hydrogens is 262 g/mol. The molecule has 0 atom stereocenters. The van der Waals surface area contributed by atoms with Crippen LogP contribution in [-0.4, -0.2) is 10.2 Å². The first kappa shape index (κ1) is 13.9. The number of rotatable bonds is 3. The monoisotopic (exact) mass is 274 g/mol. The Morgan fingerprint density at radius 2 is 1.80 bits per heavy atom. The predicted molar refractivity (Wildman–Crippen MR) is 69.9 cm³/mol. The van der Waals surface area contributed by atoms with Crippen molar-refractivity contribution in [1.29, 1.82) is 5.26 Å². The van der Waals surface area contributed by atoms with E-state index in [-0.39, 0.29) is 6.54 Å². The number of anilines is 1. The van der Waals surface area contributed by atoms with Gasteiger partial charge in [0.15, 0.2) is 5.82 Å². The van der Waals surface area contributed by atoms with Gasteiger partial charge in [0.05, 0.1) is 5.69 Å². The summed E-state index contributed by atoms with van der Waals surface area (Å²) in [6, 6.07) is 5.29.